The second-order valence-corrected chi connectivity index (χ2v) is 46.1. The number of nitrogens with one attached hydrogen (secondary N) is 5. The van der Waals surface area contributed by atoms with Gasteiger partial charge in [0.25, 0.3) is 5.91 Å². The minimum absolute atomic E-state index is 0.0197. The third kappa shape index (κ3) is 25.5. The molecule has 0 radical (unpaired) electrons. The number of esters is 1. The van der Waals surface area contributed by atoms with E-state index >= 15 is 0 Å². The van der Waals surface area contributed by atoms with Crippen molar-refractivity contribution in [2.24, 2.45) is 7.05 Å². The summed E-state index contributed by atoms with van der Waals surface area (Å²) in [7, 11) is 5.44. The first-order chi connectivity index (χ1) is 62.5. The number of H-pyrrole nitrogens is 1. The maximum Gasteiger partial charge on any atom is 0.340 e. The number of nitrogens with zero attached hydrogens (tertiary/aromatic N) is 5. The topological polar surface area (TPSA) is 164 Å². The normalized spacial score (nSPS) is 14.0. The largest absolute Gasteiger partial charge is 0.462 e. The molecule has 15 nitrogen and oxygen atoms in total. The molecular weight excluding hydrogens is 1650 g/mol. The highest BCUT2D eigenvalue weighted by molar-refractivity contribution is 6.05. The van der Waals surface area contributed by atoms with Crippen molar-refractivity contribution in [3.05, 3.63) is 303 Å². The zero-order valence-electron chi connectivity index (χ0n) is 86.8. The molecule has 9 aromatic carbocycles. The minimum Gasteiger partial charge on any atom is -0.462 e. The highest BCUT2D eigenvalue weighted by atomic mass is 16.5. The van der Waals surface area contributed by atoms with Crippen LogP contribution in [0.15, 0.2) is 231 Å². The summed E-state index contributed by atoms with van der Waals surface area (Å²) in [6.45, 7) is 66.1. The van der Waals surface area contributed by atoms with Gasteiger partial charge in [-0.1, -0.05) is 307 Å². The summed E-state index contributed by atoms with van der Waals surface area (Å²) >= 11 is 0. The van der Waals surface area contributed by atoms with Gasteiger partial charge in [0.05, 0.1) is 35.3 Å². The molecule has 1 fully saturated rings. The molecule has 14 aromatic rings. The number of likely N-dealkylation sites (N-methyl/N-ethyl adjacent to an activating group) is 2. The molecule has 1 amide bonds. The molecule has 5 N–H and O–H groups in total. The maximum absolute atomic E-state index is 12.5. The van der Waals surface area contributed by atoms with E-state index in [4.69, 9.17) is 4.74 Å². The molecule has 1 spiro atoms. The van der Waals surface area contributed by atoms with Gasteiger partial charge in [0.1, 0.15) is 6.54 Å². The Labute approximate surface area is 801 Å². The first-order valence-corrected chi connectivity index (χ1v) is 48.3. The quantitative estimate of drug-likeness (QED) is 0.0932. The van der Waals surface area contributed by atoms with Crippen LogP contribution >= 0.6 is 0 Å². The zero-order chi connectivity index (χ0) is 98.4. The van der Waals surface area contributed by atoms with Crippen molar-refractivity contribution in [3.8, 4) is 0 Å². The fraction of sp³-hybridized carbons (Fsp3) is 0.429. The summed E-state index contributed by atoms with van der Waals surface area (Å²) in [6, 6.07) is 71.6. The van der Waals surface area contributed by atoms with Crippen LogP contribution in [0.25, 0.3) is 54.5 Å². The highest BCUT2D eigenvalue weighted by Gasteiger charge is 2.49. The lowest BCUT2D eigenvalue weighted by Gasteiger charge is -2.22. The Morgan fingerprint density at radius 1 is 0.448 bits per heavy atom. The fourth-order valence-electron chi connectivity index (χ4n) is 17.3. The van der Waals surface area contributed by atoms with E-state index in [1.807, 2.05) is 55.7 Å². The summed E-state index contributed by atoms with van der Waals surface area (Å²) in [5, 5.41) is 19.1. The number of aryl methyl sites for hydroxylation is 1. The first kappa shape index (κ1) is 103. The van der Waals surface area contributed by atoms with E-state index in [0.717, 1.165) is 64.5 Å². The maximum atomic E-state index is 12.5. The molecule has 0 bridgehead atoms. The van der Waals surface area contributed by atoms with Crippen molar-refractivity contribution in [2.45, 2.75) is 274 Å². The molecule has 0 atom stereocenters. The zero-order valence-corrected chi connectivity index (χ0v) is 86.8. The van der Waals surface area contributed by atoms with Crippen LogP contribution in [0.1, 0.15) is 293 Å². The Morgan fingerprint density at radius 2 is 0.881 bits per heavy atom. The number of hydrogen-bond donors (Lipinski definition) is 5. The molecule has 0 saturated heterocycles. The Bertz CT molecular complexity index is 6380. The van der Waals surface area contributed by atoms with Gasteiger partial charge >= 0.3 is 5.97 Å². The van der Waals surface area contributed by atoms with Crippen molar-refractivity contribution in [1.29, 1.82) is 0 Å². The van der Waals surface area contributed by atoms with Gasteiger partial charge in [0, 0.05) is 133 Å². The molecule has 5 aromatic heterocycles. The Kier molecular flexibility index (Phi) is 31.4. The van der Waals surface area contributed by atoms with Crippen LogP contribution in [-0.2, 0) is 83.7 Å². The standard InChI is InChI=1S/C19H21N.C18H25N3O2.C15H19NO2.C14H17NO.C14H19N.C14H21N.C13H17N.C12H17N/c1-19(2,3)17-10-9-16-11-12-20(18(16)13-17)14-15-7-5-4-6-8-15;1-18(2,3)14-7-6-13-8-9-21(15(13)10-14)17(23)12-20(5)16(22)11-19-4;1-5-18-14(17)12-11(15(2,3)4)7-6-10-8-9-16-13(10)12;1-10(16)15-8-7-11-5-6-12(9-13(11)15)14(2,3)4;1-13(2,3)10-4-5-11-12(8-10)15-9-14(11)6-7-14;1-13(2,3)10-6-7-11-12(8-10)15-9-14(11,4)5;1-13(2,3)11-6-5-10-7-8-14(4)12(10)9-11;1-12(2,3)10-5-4-9-6-7-13-11(9)8-10/h4-13H,14H2,1-3H3;6-10,19H,11-12H2,1-5H3;6-9,16H,5H2,1-4H3;5-9H,1-4H3;4-5,8,15H,6-7,9H2,1-3H3;6-8,15H,9H2,1-5H3;5-9H,1-4H3;4-5,8,13H,6-7H2,1-3H3. The number of anilines is 3. The highest BCUT2D eigenvalue weighted by Crippen LogP contribution is 2.55. The fourth-order valence-corrected chi connectivity index (χ4v) is 17.3. The van der Waals surface area contributed by atoms with Crippen LogP contribution in [0.3, 0.4) is 0 Å². The molecule has 1 aliphatic carbocycles. The summed E-state index contributed by atoms with van der Waals surface area (Å²) in [5.41, 5.74) is 28.4. The number of benzene rings is 9. The number of ether oxygens (including phenoxy) is 1. The van der Waals surface area contributed by atoms with Gasteiger partial charge in [0.15, 0.2) is 0 Å². The van der Waals surface area contributed by atoms with Crippen LogP contribution in [0.4, 0.5) is 17.1 Å². The van der Waals surface area contributed by atoms with Gasteiger partial charge in [-0.05, 0) is 227 Å². The average Bonchev–Trinajstić information content (AvgIpc) is 1.57. The number of carbonyl (C=O) groups excluding carboxylic acids is 4. The number of fused-ring (bicyclic) bond motifs is 9. The van der Waals surface area contributed by atoms with E-state index < -0.39 is 0 Å². The smallest absolute Gasteiger partial charge is 0.340 e. The number of aromatic nitrogens is 5. The van der Waals surface area contributed by atoms with Crippen LogP contribution < -0.4 is 21.3 Å². The number of rotatable bonds is 8. The number of carbonyl (C=O) groups is 4. The summed E-state index contributed by atoms with van der Waals surface area (Å²) in [5.74, 6) is -0.415. The Morgan fingerprint density at radius 3 is 1.39 bits per heavy atom. The van der Waals surface area contributed by atoms with Crippen molar-refractivity contribution < 1.29 is 23.9 Å². The van der Waals surface area contributed by atoms with Crippen molar-refractivity contribution in [1.82, 2.24) is 33.5 Å². The lowest BCUT2D eigenvalue weighted by Crippen LogP contribution is -2.38. The molecule has 1 saturated carbocycles. The SMILES string of the molecule is CC(=O)n1ccc2ccc(C(C)(C)C)cc21.CC(C)(C)c1ccc2c(c1)NCC2.CC(C)(C)c1ccc2c(c1)NCC2(C)C.CC(C)(C)c1ccc2c(c1)NCC21CC1.CC(C)(C)c1ccc2ccn(Cc3ccccc3)c2c1.CCOC(=O)c1c(C(C)(C)C)ccc2cc[nH]c12.CNCC(=O)N(C)CC(=O)n1ccc2ccc(C(C)(C)C)cc21.Cn1ccc2ccc(C(C)(C)C)cc21. The Balaban J connectivity index is 0.000000148. The molecule has 3 aliphatic heterocycles. The summed E-state index contributed by atoms with van der Waals surface area (Å²) in [6.07, 6.45) is 13.7. The molecule has 8 heterocycles. The Hall–Kier alpha value is -11.7. The lowest BCUT2D eigenvalue weighted by molar-refractivity contribution is -0.128. The third-order valence-corrected chi connectivity index (χ3v) is 26.4. The second kappa shape index (κ2) is 40.9. The van der Waals surface area contributed by atoms with Crippen molar-refractivity contribution >= 4 is 95.3 Å². The lowest BCUT2D eigenvalue weighted by atomic mass is 9.82. The van der Waals surface area contributed by atoms with Crippen LogP contribution in [-0.4, -0.2) is 105 Å². The number of aromatic amines is 1. The van der Waals surface area contributed by atoms with E-state index in [-0.39, 0.29) is 85.5 Å². The van der Waals surface area contributed by atoms with Crippen LogP contribution in [0.5, 0.6) is 0 Å². The predicted octanol–water partition coefficient (Wildman–Crippen LogP) is 28.0. The van der Waals surface area contributed by atoms with E-state index in [9.17, 15) is 19.2 Å². The van der Waals surface area contributed by atoms with Crippen LogP contribution in [0.2, 0.25) is 0 Å². The van der Waals surface area contributed by atoms with E-state index in [2.05, 4.69) is 399 Å². The minimum atomic E-state index is -0.254. The van der Waals surface area contributed by atoms with Gasteiger partial charge in [-0.2, -0.15) is 0 Å². The summed E-state index contributed by atoms with van der Waals surface area (Å²) in [4.78, 5) is 52.6. The van der Waals surface area contributed by atoms with Gasteiger partial charge < -0.3 is 45.0 Å². The van der Waals surface area contributed by atoms with Gasteiger partial charge in [-0.3, -0.25) is 23.5 Å². The average molecular weight is 1810 g/mol. The monoisotopic (exact) mass is 1810 g/mol. The molecule has 18 rings (SSSR count). The predicted molar refractivity (Wildman–Crippen MR) is 569 cm³/mol. The molecule has 15 heteroatoms. The van der Waals surface area contributed by atoms with Gasteiger partial charge in [0.2, 0.25) is 11.8 Å². The molecular formula is C119H156N10O5. The van der Waals surface area contributed by atoms with E-state index in [1.165, 1.54) is 119 Å². The molecule has 0 unspecified atom stereocenters. The third-order valence-electron chi connectivity index (χ3n) is 26.4. The van der Waals surface area contributed by atoms with Gasteiger partial charge in [-0.15, -0.1) is 0 Å². The summed E-state index contributed by atoms with van der Waals surface area (Å²) < 4.78 is 13.0. The molecule has 4 aliphatic rings. The van der Waals surface area contributed by atoms with Crippen molar-refractivity contribution in [2.75, 3.05) is 69.4 Å². The molecule has 134 heavy (non-hydrogen) atoms. The number of hydrogen-bond acceptors (Lipinski definition) is 9. The molecule has 712 valence electrons. The second-order valence-electron chi connectivity index (χ2n) is 46.1. The van der Waals surface area contributed by atoms with E-state index in [1.54, 1.807) is 41.9 Å². The van der Waals surface area contributed by atoms with Crippen molar-refractivity contribution in [3.63, 3.8) is 0 Å². The van der Waals surface area contributed by atoms with Gasteiger partial charge in [-0.25, -0.2) is 4.79 Å². The number of amides is 1. The first-order valence-electron chi connectivity index (χ1n) is 48.3. The van der Waals surface area contributed by atoms with E-state index in [0.29, 0.717) is 17.6 Å². The van der Waals surface area contributed by atoms with Crippen LogP contribution in [0, 0.1) is 0 Å².